The molecule has 1 N–H and O–H groups in total. The van der Waals surface area contributed by atoms with Crippen LogP contribution in [0.1, 0.15) is 31.2 Å². The molecule has 1 amide bonds. The topological polar surface area (TPSA) is 53.0 Å². The third-order valence-electron chi connectivity index (χ3n) is 5.52. The Balaban J connectivity index is 1.56. The smallest absolute Gasteiger partial charge is 0.225 e. The molecule has 0 unspecified atom stereocenters. The van der Waals surface area contributed by atoms with Crippen molar-refractivity contribution >= 4 is 11.6 Å². The van der Waals surface area contributed by atoms with E-state index in [2.05, 4.69) is 0 Å². The van der Waals surface area contributed by atoms with Crippen molar-refractivity contribution in [3.05, 3.63) is 29.6 Å². The second-order valence-electron chi connectivity index (χ2n) is 6.93. The van der Waals surface area contributed by atoms with Crippen molar-refractivity contribution in [2.45, 2.75) is 38.4 Å². The minimum atomic E-state index is -0.359. The Morgan fingerprint density at radius 1 is 1.20 bits per heavy atom. The van der Waals surface area contributed by atoms with Crippen LogP contribution in [0.5, 0.6) is 0 Å². The fourth-order valence-corrected chi connectivity index (χ4v) is 3.90. The zero-order chi connectivity index (χ0) is 17.8. The second kappa shape index (κ2) is 8.15. The molecule has 138 valence electrons. The van der Waals surface area contributed by atoms with Gasteiger partial charge in [-0.1, -0.05) is 12.1 Å². The number of halogens is 1. The first-order valence-corrected chi connectivity index (χ1v) is 9.08. The number of anilines is 1. The summed E-state index contributed by atoms with van der Waals surface area (Å²) in [5, 5.41) is 9.22. The van der Waals surface area contributed by atoms with Gasteiger partial charge in [0, 0.05) is 44.8 Å². The lowest BCUT2D eigenvalue weighted by Crippen LogP contribution is -2.51. The van der Waals surface area contributed by atoms with Crippen LogP contribution in [-0.2, 0) is 16.1 Å². The molecule has 25 heavy (non-hydrogen) atoms. The average molecular weight is 350 g/mol. The number of hydrogen-bond donors (Lipinski definition) is 1. The lowest BCUT2D eigenvalue weighted by atomic mass is 9.86. The number of methoxy groups -OCH3 is 1. The number of carbonyl (C=O) groups is 1. The predicted molar refractivity (Wildman–Crippen MR) is 93.9 cm³/mol. The number of hydrogen-bond acceptors (Lipinski definition) is 4. The van der Waals surface area contributed by atoms with Crippen LogP contribution in [-0.4, -0.2) is 55.3 Å². The highest BCUT2D eigenvalue weighted by molar-refractivity contribution is 5.79. The Kier molecular flexibility index (Phi) is 5.91. The summed E-state index contributed by atoms with van der Waals surface area (Å²) in [5.41, 5.74) is 0.824. The van der Waals surface area contributed by atoms with Crippen LogP contribution >= 0.6 is 0 Å². The minimum Gasteiger partial charge on any atom is -0.392 e. The van der Waals surface area contributed by atoms with Crippen LogP contribution in [0.3, 0.4) is 0 Å². The summed E-state index contributed by atoms with van der Waals surface area (Å²) in [6.07, 6.45) is 3.98. The van der Waals surface area contributed by atoms with Crippen LogP contribution in [0.15, 0.2) is 18.2 Å². The Labute approximate surface area is 148 Å². The number of benzene rings is 1. The van der Waals surface area contributed by atoms with Crippen molar-refractivity contribution in [1.29, 1.82) is 0 Å². The van der Waals surface area contributed by atoms with Gasteiger partial charge in [0.15, 0.2) is 5.82 Å². The van der Waals surface area contributed by atoms with E-state index in [9.17, 15) is 14.3 Å². The Morgan fingerprint density at radius 2 is 1.88 bits per heavy atom. The van der Waals surface area contributed by atoms with Crippen molar-refractivity contribution in [3.63, 3.8) is 0 Å². The fourth-order valence-electron chi connectivity index (χ4n) is 3.90. The molecule has 1 aliphatic heterocycles. The van der Waals surface area contributed by atoms with Gasteiger partial charge in [-0.05, 0) is 31.7 Å². The molecule has 0 bridgehead atoms. The molecule has 1 saturated carbocycles. The van der Waals surface area contributed by atoms with E-state index >= 15 is 0 Å². The molecular weight excluding hydrogens is 323 g/mol. The molecule has 5 nitrogen and oxygen atoms in total. The van der Waals surface area contributed by atoms with Crippen molar-refractivity contribution < 1.29 is 19.0 Å². The molecule has 1 aliphatic carbocycles. The Hall–Kier alpha value is -1.66. The first-order chi connectivity index (χ1) is 12.1. The van der Waals surface area contributed by atoms with Crippen LogP contribution in [0.25, 0.3) is 0 Å². The van der Waals surface area contributed by atoms with E-state index < -0.39 is 0 Å². The number of carbonyl (C=O) groups excluding carboxylic acids is 1. The second-order valence-corrected chi connectivity index (χ2v) is 6.93. The van der Waals surface area contributed by atoms with Gasteiger partial charge in [-0.2, -0.15) is 0 Å². The van der Waals surface area contributed by atoms with Gasteiger partial charge in [0.1, 0.15) is 0 Å². The van der Waals surface area contributed by atoms with E-state index in [4.69, 9.17) is 4.74 Å². The molecule has 0 atom stereocenters. The molecule has 0 radical (unpaired) electrons. The molecule has 1 heterocycles. The van der Waals surface area contributed by atoms with E-state index in [1.807, 2.05) is 9.80 Å². The van der Waals surface area contributed by atoms with E-state index in [1.165, 1.54) is 0 Å². The molecule has 1 aromatic rings. The molecule has 2 fully saturated rings. The first kappa shape index (κ1) is 18.1. The monoisotopic (exact) mass is 350 g/mol. The van der Waals surface area contributed by atoms with Gasteiger partial charge >= 0.3 is 0 Å². The summed E-state index contributed by atoms with van der Waals surface area (Å²) in [5.74, 6) is -0.0196. The van der Waals surface area contributed by atoms with Crippen LogP contribution in [0.4, 0.5) is 10.1 Å². The Morgan fingerprint density at radius 3 is 2.48 bits per heavy atom. The van der Waals surface area contributed by atoms with Crippen LogP contribution in [0, 0.1) is 11.7 Å². The molecule has 1 aromatic carbocycles. The van der Waals surface area contributed by atoms with Gasteiger partial charge in [0.05, 0.1) is 18.4 Å². The number of nitrogens with zero attached hydrogens (tertiary/aromatic N) is 2. The highest BCUT2D eigenvalue weighted by Gasteiger charge is 2.31. The minimum absolute atomic E-state index is 0.104. The van der Waals surface area contributed by atoms with Crippen LogP contribution < -0.4 is 4.90 Å². The normalized spacial score (nSPS) is 24.4. The van der Waals surface area contributed by atoms with Crippen molar-refractivity contribution in [2.75, 3.05) is 38.2 Å². The standard InChI is InChI=1S/C19H27FN2O3/c1-25-16-7-5-14(6-8-16)19(24)22-11-9-21(10-12-22)17-4-2-3-15(13-23)18(17)20/h2-4,14,16,23H,5-13H2,1H3. The fraction of sp³-hybridized carbons (Fsp3) is 0.632. The SMILES string of the molecule is COC1CCC(C(=O)N2CCN(c3cccc(CO)c3F)CC2)CC1. The highest BCUT2D eigenvalue weighted by Crippen LogP contribution is 2.29. The average Bonchev–Trinajstić information content (AvgIpc) is 2.68. The molecule has 0 aromatic heterocycles. The number of aliphatic hydroxyl groups is 1. The quantitative estimate of drug-likeness (QED) is 0.904. The maximum atomic E-state index is 14.4. The molecule has 0 spiro atoms. The van der Waals surface area contributed by atoms with Gasteiger partial charge < -0.3 is 19.6 Å². The largest absolute Gasteiger partial charge is 0.392 e. The molecule has 1 saturated heterocycles. The number of piperazine rings is 1. The van der Waals surface area contributed by atoms with E-state index in [1.54, 1.807) is 25.3 Å². The summed E-state index contributed by atoms with van der Waals surface area (Å²) >= 11 is 0. The number of ether oxygens (including phenoxy) is 1. The summed E-state index contributed by atoms with van der Waals surface area (Å²) in [6.45, 7) is 2.16. The predicted octanol–water partition coefficient (Wildman–Crippen LogP) is 2.17. The molecule has 6 heteroatoms. The highest BCUT2D eigenvalue weighted by atomic mass is 19.1. The third-order valence-corrected chi connectivity index (χ3v) is 5.52. The van der Waals surface area contributed by atoms with E-state index in [0.717, 1.165) is 25.7 Å². The van der Waals surface area contributed by atoms with Gasteiger partial charge in [0.25, 0.3) is 0 Å². The zero-order valence-corrected chi connectivity index (χ0v) is 14.8. The van der Waals surface area contributed by atoms with E-state index in [-0.39, 0.29) is 24.2 Å². The van der Waals surface area contributed by atoms with Gasteiger partial charge in [0.2, 0.25) is 5.91 Å². The Bertz CT molecular complexity index is 594. The van der Waals surface area contributed by atoms with Crippen LogP contribution in [0.2, 0.25) is 0 Å². The number of rotatable bonds is 4. The number of aliphatic hydroxyl groups excluding tert-OH is 1. The van der Waals surface area contributed by atoms with Crippen molar-refractivity contribution in [1.82, 2.24) is 4.90 Å². The third kappa shape index (κ3) is 3.96. The molecular formula is C19H27FN2O3. The van der Waals surface area contributed by atoms with Crippen molar-refractivity contribution in [2.24, 2.45) is 5.92 Å². The zero-order valence-electron chi connectivity index (χ0n) is 14.8. The summed E-state index contributed by atoms with van der Waals surface area (Å²) in [6, 6.07) is 5.09. The van der Waals surface area contributed by atoms with E-state index in [0.29, 0.717) is 43.5 Å². The van der Waals surface area contributed by atoms with Gasteiger partial charge in [-0.25, -0.2) is 4.39 Å². The van der Waals surface area contributed by atoms with Gasteiger partial charge in [-0.15, -0.1) is 0 Å². The lowest BCUT2D eigenvalue weighted by Gasteiger charge is -2.39. The summed E-state index contributed by atoms with van der Waals surface area (Å²) in [4.78, 5) is 16.6. The first-order valence-electron chi connectivity index (χ1n) is 9.08. The maximum absolute atomic E-state index is 14.4. The molecule has 2 aliphatic rings. The maximum Gasteiger partial charge on any atom is 0.225 e. The van der Waals surface area contributed by atoms with Gasteiger partial charge in [-0.3, -0.25) is 4.79 Å². The lowest BCUT2D eigenvalue weighted by molar-refractivity contribution is -0.137. The van der Waals surface area contributed by atoms with Crippen molar-refractivity contribution in [3.8, 4) is 0 Å². The molecule has 3 rings (SSSR count). The number of amides is 1. The summed E-state index contributed by atoms with van der Waals surface area (Å²) in [7, 11) is 1.73. The summed E-state index contributed by atoms with van der Waals surface area (Å²) < 4.78 is 19.8.